The Bertz CT molecular complexity index is 202. The average molecular weight is 182 g/mol. The molecule has 2 heteroatoms. The Morgan fingerprint density at radius 1 is 1.08 bits per heavy atom. The number of ether oxygens (including phenoxy) is 1. The van der Waals surface area contributed by atoms with Crippen LogP contribution in [-0.4, -0.2) is 12.2 Å². The third-order valence-electron chi connectivity index (χ3n) is 1.57. The van der Waals surface area contributed by atoms with Crippen molar-refractivity contribution >= 4 is 0 Å². The van der Waals surface area contributed by atoms with Gasteiger partial charge in [-0.3, -0.25) is 0 Å². The van der Waals surface area contributed by atoms with E-state index in [0.29, 0.717) is 0 Å². The van der Waals surface area contributed by atoms with Crippen molar-refractivity contribution in [3.63, 3.8) is 0 Å². The molecule has 2 nitrogen and oxygen atoms in total. The number of aromatic hydroxyl groups is 1. The molecule has 0 amide bonds. The minimum atomic E-state index is 0.260. The van der Waals surface area contributed by atoms with Crippen molar-refractivity contribution < 1.29 is 9.84 Å². The molecule has 0 saturated carbocycles. The van der Waals surface area contributed by atoms with Crippen molar-refractivity contribution in [2.75, 3.05) is 7.11 Å². The van der Waals surface area contributed by atoms with E-state index in [0.717, 1.165) is 5.75 Å². The molecule has 1 aromatic rings. The summed E-state index contributed by atoms with van der Waals surface area (Å²) in [6, 6.07) is 6.57. The molecule has 0 aliphatic heterocycles. The SMILES string of the molecule is CCCC.COc1ccc(O)cc1. The van der Waals surface area contributed by atoms with E-state index < -0.39 is 0 Å². The Hall–Kier alpha value is -1.18. The summed E-state index contributed by atoms with van der Waals surface area (Å²) >= 11 is 0. The van der Waals surface area contributed by atoms with Crippen LogP contribution in [0.15, 0.2) is 24.3 Å². The van der Waals surface area contributed by atoms with E-state index in [1.165, 1.54) is 12.8 Å². The average Bonchev–Trinajstić information content (AvgIpc) is 2.19. The molecule has 0 heterocycles. The Labute approximate surface area is 80.2 Å². The molecular formula is C11H18O2. The molecule has 0 aliphatic carbocycles. The number of hydrogen-bond donors (Lipinski definition) is 1. The topological polar surface area (TPSA) is 29.5 Å². The number of rotatable bonds is 2. The maximum Gasteiger partial charge on any atom is 0.119 e. The van der Waals surface area contributed by atoms with Crippen molar-refractivity contribution in [1.29, 1.82) is 0 Å². The molecule has 1 aromatic carbocycles. The fraction of sp³-hybridized carbons (Fsp3) is 0.455. The molecule has 74 valence electrons. The lowest BCUT2D eigenvalue weighted by molar-refractivity contribution is 0.412. The fourth-order valence-corrected chi connectivity index (χ4v) is 0.582. The lowest BCUT2D eigenvalue weighted by Crippen LogP contribution is -1.79. The van der Waals surface area contributed by atoms with Gasteiger partial charge in [-0.05, 0) is 24.3 Å². The zero-order valence-electron chi connectivity index (χ0n) is 8.58. The summed E-state index contributed by atoms with van der Waals surface area (Å²) in [5.74, 6) is 1.02. The van der Waals surface area contributed by atoms with Crippen LogP contribution in [0.25, 0.3) is 0 Å². The van der Waals surface area contributed by atoms with Gasteiger partial charge in [-0.2, -0.15) is 0 Å². The molecule has 0 aliphatic rings. The highest BCUT2D eigenvalue weighted by Crippen LogP contribution is 2.14. The Balaban J connectivity index is 0.000000310. The number of unbranched alkanes of at least 4 members (excludes halogenated alkanes) is 1. The van der Waals surface area contributed by atoms with Gasteiger partial charge in [-0.15, -0.1) is 0 Å². The van der Waals surface area contributed by atoms with Crippen LogP contribution in [0.3, 0.4) is 0 Å². The number of benzene rings is 1. The van der Waals surface area contributed by atoms with Gasteiger partial charge in [0.1, 0.15) is 11.5 Å². The third-order valence-corrected chi connectivity index (χ3v) is 1.57. The van der Waals surface area contributed by atoms with E-state index in [-0.39, 0.29) is 5.75 Å². The third kappa shape index (κ3) is 6.02. The standard InChI is InChI=1S/C7H8O2.C4H10/c1-9-7-4-2-6(8)3-5-7;1-3-4-2/h2-5,8H,1H3;3-4H2,1-2H3. The molecule has 0 atom stereocenters. The van der Waals surface area contributed by atoms with E-state index in [1.54, 1.807) is 31.4 Å². The maximum atomic E-state index is 8.80. The largest absolute Gasteiger partial charge is 0.508 e. The van der Waals surface area contributed by atoms with Gasteiger partial charge in [0.25, 0.3) is 0 Å². The molecule has 0 unspecified atom stereocenters. The van der Waals surface area contributed by atoms with Crippen molar-refractivity contribution in [2.24, 2.45) is 0 Å². The van der Waals surface area contributed by atoms with E-state index in [4.69, 9.17) is 9.84 Å². The first kappa shape index (κ1) is 11.8. The normalized spacial score (nSPS) is 8.54. The fourth-order valence-electron chi connectivity index (χ4n) is 0.582. The predicted molar refractivity (Wildman–Crippen MR) is 55.2 cm³/mol. The molecule has 1 N–H and O–H groups in total. The van der Waals surface area contributed by atoms with Crippen LogP contribution in [0.4, 0.5) is 0 Å². The van der Waals surface area contributed by atoms with Crippen LogP contribution in [0.2, 0.25) is 0 Å². The van der Waals surface area contributed by atoms with E-state index in [9.17, 15) is 0 Å². The van der Waals surface area contributed by atoms with E-state index >= 15 is 0 Å². The summed E-state index contributed by atoms with van der Waals surface area (Å²) in [4.78, 5) is 0. The van der Waals surface area contributed by atoms with Crippen LogP contribution in [0, 0.1) is 0 Å². The van der Waals surface area contributed by atoms with Crippen molar-refractivity contribution in [3.8, 4) is 11.5 Å². The molecule has 0 fully saturated rings. The lowest BCUT2D eigenvalue weighted by atomic mass is 10.3. The molecule has 1 rings (SSSR count). The van der Waals surface area contributed by atoms with Crippen molar-refractivity contribution in [2.45, 2.75) is 26.7 Å². The first-order valence-corrected chi connectivity index (χ1v) is 4.57. The second-order valence-corrected chi connectivity index (χ2v) is 2.70. The molecule has 0 radical (unpaired) electrons. The minimum absolute atomic E-state index is 0.260. The number of phenolic OH excluding ortho intramolecular Hbond substituents is 1. The monoisotopic (exact) mass is 182 g/mol. The quantitative estimate of drug-likeness (QED) is 0.761. The summed E-state index contributed by atoms with van der Waals surface area (Å²) in [5.41, 5.74) is 0. The summed E-state index contributed by atoms with van der Waals surface area (Å²) in [6.45, 7) is 4.36. The predicted octanol–water partition coefficient (Wildman–Crippen LogP) is 3.21. The first-order valence-electron chi connectivity index (χ1n) is 4.57. The van der Waals surface area contributed by atoms with E-state index in [2.05, 4.69) is 13.8 Å². The van der Waals surface area contributed by atoms with Gasteiger partial charge < -0.3 is 9.84 Å². The lowest BCUT2D eigenvalue weighted by Gasteiger charge is -1.96. The van der Waals surface area contributed by atoms with E-state index in [1.807, 2.05) is 0 Å². The maximum absolute atomic E-state index is 8.80. The Morgan fingerprint density at radius 3 is 1.85 bits per heavy atom. The zero-order chi connectivity index (χ0) is 10.1. The summed E-state index contributed by atoms with van der Waals surface area (Å²) in [6.07, 6.45) is 2.64. The van der Waals surface area contributed by atoms with Crippen LogP contribution in [0.5, 0.6) is 11.5 Å². The second kappa shape index (κ2) is 7.47. The Morgan fingerprint density at radius 2 is 1.54 bits per heavy atom. The first-order chi connectivity index (χ1) is 6.24. The molecule has 0 spiro atoms. The summed E-state index contributed by atoms with van der Waals surface area (Å²) in [7, 11) is 1.59. The molecule has 0 aromatic heterocycles. The van der Waals surface area contributed by atoms with Gasteiger partial charge in [0.2, 0.25) is 0 Å². The van der Waals surface area contributed by atoms with Crippen LogP contribution >= 0.6 is 0 Å². The summed E-state index contributed by atoms with van der Waals surface area (Å²) < 4.78 is 4.86. The van der Waals surface area contributed by atoms with Crippen molar-refractivity contribution in [3.05, 3.63) is 24.3 Å². The zero-order valence-corrected chi connectivity index (χ0v) is 8.58. The van der Waals surface area contributed by atoms with Gasteiger partial charge in [0.05, 0.1) is 7.11 Å². The van der Waals surface area contributed by atoms with Gasteiger partial charge in [-0.25, -0.2) is 0 Å². The highest BCUT2D eigenvalue weighted by Gasteiger charge is 1.87. The van der Waals surface area contributed by atoms with Crippen LogP contribution < -0.4 is 4.74 Å². The van der Waals surface area contributed by atoms with Crippen molar-refractivity contribution in [1.82, 2.24) is 0 Å². The smallest absolute Gasteiger partial charge is 0.119 e. The Kier molecular flexibility index (Phi) is 6.79. The van der Waals surface area contributed by atoms with Gasteiger partial charge in [-0.1, -0.05) is 26.7 Å². The van der Waals surface area contributed by atoms with Crippen LogP contribution in [0.1, 0.15) is 26.7 Å². The molecule has 0 bridgehead atoms. The highest BCUT2D eigenvalue weighted by molar-refractivity contribution is 5.29. The number of phenols is 1. The van der Waals surface area contributed by atoms with Gasteiger partial charge in [0.15, 0.2) is 0 Å². The molecule has 0 saturated heterocycles. The van der Waals surface area contributed by atoms with Crippen LogP contribution in [-0.2, 0) is 0 Å². The second-order valence-electron chi connectivity index (χ2n) is 2.70. The number of hydrogen-bond acceptors (Lipinski definition) is 2. The van der Waals surface area contributed by atoms with Gasteiger partial charge >= 0.3 is 0 Å². The highest BCUT2D eigenvalue weighted by atomic mass is 16.5. The summed E-state index contributed by atoms with van der Waals surface area (Å²) in [5, 5.41) is 8.80. The van der Waals surface area contributed by atoms with Gasteiger partial charge in [0, 0.05) is 0 Å². The number of methoxy groups -OCH3 is 1. The minimum Gasteiger partial charge on any atom is -0.508 e. The molecule has 13 heavy (non-hydrogen) atoms. The molecular weight excluding hydrogens is 164 g/mol.